The van der Waals surface area contributed by atoms with Crippen LogP contribution in [0.1, 0.15) is 0 Å². The number of halogens is 25. The third-order valence-electron chi connectivity index (χ3n) is 4.39. The van der Waals surface area contributed by atoms with Crippen LogP contribution in [0.3, 0.4) is 0 Å². The minimum Gasteiger partial charge on any atom is -0.246 e. The molecule has 27 heteroatoms. The second-order valence-electron chi connectivity index (χ2n) is 6.85. The van der Waals surface area contributed by atoms with E-state index in [1.165, 1.54) is 4.89 Å². The topological polar surface area (TPSA) is 29.5 Å². The molecule has 2 nitrogen and oxygen atoms in total. The monoisotopic (exact) mass is 652 g/mol. The van der Waals surface area contributed by atoms with E-state index >= 15 is 0 Å². The quantitative estimate of drug-likeness (QED) is 0.139. The number of alkyl halides is 25. The molecule has 0 saturated heterocycles. The maximum absolute atomic E-state index is 13.4. The molecule has 0 aliphatic heterocycles. The Kier molecular flexibility index (Phi) is 8.42. The van der Waals surface area contributed by atoms with E-state index in [-0.39, 0.29) is 0 Å². The van der Waals surface area contributed by atoms with Gasteiger partial charge >= 0.3 is 71.5 Å². The van der Waals surface area contributed by atoms with E-state index in [2.05, 4.69) is 0 Å². The minimum absolute atomic E-state index is 1.20. The van der Waals surface area contributed by atoms with E-state index < -0.39 is 71.5 Å². The van der Waals surface area contributed by atoms with E-state index in [4.69, 9.17) is 5.26 Å². The van der Waals surface area contributed by atoms with E-state index in [0.29, 0.717) is 0 Å². The highest BCUT2D eigenvalue weighted by Crippen LogP contribution is 2.67. The summed E-state index contributed by atoms with van der Waals surface area (Å²) in [5.74, 6) is -92.4. The van der Waals surface area contributed by atoms with Crippen LogP contribution in [-0.4, -0.2) is 76.8 Å². The first-order valence-electron chi connectivity index (χ1n) is 7.86. The van der Waals surface area contributed by atoms with Gasteiger partial charge in [-0.1, -0.05) is 0 Å². The Morgan fingerprint density at radius 3 is 0.564 bits per heavy atom. The Balaban J connectivity index is 7.31. The van der Waals surface area contributed by atoms with Crippen molar-refractivity contribution in [1.82, 2.24) is 0 Å². The van der Waals surface area contributed by atoms with Crippen LogP contribution >= 0.6 is 0 Å². The van der Waals surface area contributed by atoms with Crippen molar-refractivity contribution in [3.05, 3.63) is 0 Å². The molecular weight excluding hydrogens is 651 g/mol. The van der Waals surface area contributed by atoms with Crippen LogP contribution in [0.15, 0.2) is 0 Å². The highest BCUT2D eigenvalue weighted by atomic mass is 19.4. The fourth-order valence-electron chi connectivity index (χ4n) is 2.00. The van der Waals surface area contributed by atoms with E-state index in [9.17, 15) is 110 Å². The summed E-state index contributed by atoms with van der Waals surface area (Å²) in [5.41, 5.74) is 0. The largest absolute Gasteiger partial charge is 0.460 e. The molecule has 0 saturated carbocycles. The molecule has 0 radical (unpaired) electrons. The fourth-order valence-corrected chi connectivity index (χ4v) is 2.00. The Hall–Kier alpha value is -1.83. The summed E-state index contributed by atoms with van der Waals surface area (Å²) in [7, 11) is 0. The summed E-state index contributed by atoms with van der Waals surface area (Å²) in [6, 6.07) is 0. The highest BCUT2D eigenvalue weighted by Gasteiger charge is 2.99. The molecule has 39 heavy (non-hydrogen) atoms. The van der Waals surface area contributed by atoms with Crippen LogP contribution in [0.4, 0.5) is 110 Å². The smallest absolute Gasteiger partial charge is 0.246 e. The maximum Gasteiger partial charge on any atom is 0.460 e. The van der Waals surface area contributed by atoms with Crippen molar-refractivity contribution in [2.45, 2.75) is 71.5 Å². The van der Waals surface area contributed by atoms with Gasteiger partial charge in [-0.3, -0.25) is 0 Å². The lowest BCUT2D eigenvalue weighted by Gasteiger charge is -2.45. The molecule has 0 aliphatic carbocycles. The first-order chi connectivity index (χ1) is 16.3. The molecule has 0 amide bonds. The normalized spacial score (nSPS) is 17.1. The predicted octanol–water partition coefficient (Wildman–Crippen LogP) is 7.98. The van der Waals surface area contributed by atoms with Gasteiger partial charge in [0.15, 0.2) is 0 Å². The van der Waals surface area contributed by atoms with E-state index in [1.54, 1.807) is 0 Å². The van der Waals surface area contributed by atoms with Crippen molar-refractivity contribution in [3.8, 4) is 0 Å². The average Bonchev–Trinajstić information content (AvgIpc) is 2.71. The fraction of sp³-hybridized carbons (Fsp3) is 1.00. The SMILES string of the molecule is OOC(F)(F)C(F)(F)C(F)(F)C(F)(F)C(F)(F)C(F)(F)C(F)(F)C(F)(F)C(F)(F)C(F)(F)C(F)(F)C(F)(F)F. The average molecular weight is 652 g/mol. The highest BCUT2D eigenvalue weighted by molar-refractivity contribution is 5.19. The molecular formula is C12HF25O2. The van der Waals surface area contributed by atoms with Crippen molar-refractivity contribution < 1.29 is 120 Å². The first kappa shape index (κ1) is 37.2. The second-order valence-corrected chi connectivity index (χ2v) is 6.85. The molecule has 0 aromatic rings. The molecule has 0 spiro atoms. The maximum atomic E-state index is 13.4. The van der Waals surface area contributed by atoms with Gasteiger partial charge in [0.2, 0.25) is 0 Å². The van der Waals surface area contributed by atoms with Crippen molar-refractivity contribution in [1.29, 1.82) is 0 Å². The molecule has 0 unspecified atom stereocenters. The predicted molar refractivity (Wildman–Crippen MR) is 64.2 cm³/mol. The van der Waals surface area contributed by atoms with Crippen LogP contribution < -0.4 is 0 Å². The van der Waals surface area contributed by atoms with Gasteiger partial charge in [0, 0.05) is 0 Å². The molecule has 0 aliphatic rings. The van der Waals surface area contributed by atoms with Crippen molar-refractivity contribution in [2.75, 3.05) is 0 Å². The van der Waals surface area contributed by atoms with Gasteiger partial charge in [0.05, 0.1) is 0 Å². The first-order valence-corrected chi connectivity index (χ1v) is 7.86. The standard InChI is InChI=1S/C12HF25O2/c13-1(14,3(17,18)5(21,22)7(25,26)9(29,30)11(33,34)35)2(15,16)4(19,20)6(23,24)8(27,28)10(31,32)12(36,37)39-38/h38H. The zero-order valence-electron chi connectivity index (χ0n) is 16.3. The second kappa shape index (κ2) is 8.83. The van der Waals surface area contributed by atoms with Crippen LogP contribution in [0.2, 0.25) is 0 Å². The van der Waals surface area contributed by atoms with Crippen LogP contribution in [0.25, 0.3) is 0 Å². The van der Waals surface area contributed by atoms with E-state index in [1.807, 2.05) is 0 Å². The molecule has 0 rings (SSSR count). The van der Waals surface area contributed by atoms with Crippen molar-refractivity contribution >= 4 is 0 Å². The summed E-state index contributed by atoms with van der Waals surface area (Å²) in [4.78, 5) is 1.20. The summed E-state index contributed by atoms with van der Waals surface area (Å²) in [5, 5.41) is 7.29. The van der Waals surface area contributed by atoms with Gasteiger partial charge in [0.25, 0.3) is 0 Å². The molecule has 0 heterocycles. The summed E-state index contributed by atoms with van der Waals surface area (Å²) >= 11 is 0. The van der Waals surface area contributed by atoms with Crippen LogP contribution in [-0.2, 0) is 4.89 Å². The lowest BCUT2D eigenvalue weighted by molar-refractivity contribution is -0.518. The van der Waals surface area contributed by atoms with Gasteiger partial charge in [0.1, 0.15) is 0 Å². The molecule has 0 fully saturated rings. The van der Waals surface area contributed by atoms with Gasteiger partial charge in [-0.25, -0.2) is 5.26 Å². The third kappa shape index (κ3) is 4.21. The summed E-state index contributed by atoms with van der Waals surface area (Å²) < 4.78 is 324. The Labute approximate surface area is 193 Å². The third-order valence-corrected chi connectivity index (χ3v) is 4.39. The molecule has 0 atom stereocenters. The Bertz CT molecular complexity index is 895. The minimum atomic E-state index is -9.64. The zero-order chi connectivity index (χ0) is 32.7. The van der Waals surface area contributed by atoms with Crippen LogP contribution in [0.5, 0.6) is 0 Å². The van der Waals surface area contributed by atoms with E-state index in [0.717, 1.165) is 0 Å². The number of rotatable bonds is 11. The molecule has 1 N–H and O–H groups in total. The van der Waals surface area contributed by atoms with Crippen LogP contribution in [0, 0.1) is 0 Å². The molecule has 0 aromatic carbocycles. The Morgan fingerprint density at radius 2 is 0.410 bits per heavy atom. The van der Waals surface area contributed by atoms with Gasteiger partial charge in [-0.05, 0) is 0 Å². The molecule has 0 bridgehead atoms. The molecule has 0 aromatic heterocycles. The number of hydrogen-bond acceptors (Lipinski definition) is 2. The van der Waals surface area contributed by atoms with Gasteiger partial charge in [-0.2, -0.15) is 115 Å². The van der Waals surface area contributed by atoms with Gasteiger partial charge < -0.3 is 0 Å². The lowest BCUT2D eigenvalue weighted by Crippen LogP contribution is -2.78. The number of hydrogen-bond donors (Lipinski definition) is 1. The zero-order valence-corrected chi connectivity index (χ0v) is 16.3. The van der Waals surface area contributed by atoms with Crippen molar-refractivity contribution in [3.63, 3.8) is 0 Å². The summed E-state index contributed by atoms with van der Waals surface area (Å²) in [6.45, 7) is 0. The van der Waals surface area contributed by atoms with Crippen molar-refractivity contribution in [2.24, 2.45) is 0 Å². The summed E-state index contributed by atoms with van der Waals surface area (Å²) in [6.07, 6.45) is -15.8. The Morgan fingerprint density at radius 1 is 0.256 bits per heavy atom. The molecule has 236 valence electrons. The van der Waals surface area contributed by atoms with Gasteiger partial charge in [-0.15, -0.1) is 0 Å². The lowest BCUT2D eigenvalue weighted by atomic mass is 9.85.